The average Bonchev–Trinajstić information content (AvgIpc) is 3.18. The summed E-state index contributed by atoms with van der Waals surface area (Å²) in [5.41, 5.74) is 0.412. The van der Waals surface area contributed by atoms with Crippen LogP contribution in [-0.2, 0) is 9.53 Å². The lowest BCUT2D eigenvalue weighted by atomic mass is 9.83. The molecule has 0 radical (unpaired) electrons. The van der Waals surface area contributed by atoms with Gasteiger partial charge in [-0.05, 0) is 30.4 Å². The molecule has 1 aromatic rings. The van der Waals surface area contributed by atoms with Gasteiger partial charge in [0.2, 0.25) is 0 Å². The molecule has 0 spiro atoms. The number of phenols is 1. The van der Waals surface area contributed by atoms with Crippen molar-refractivity contribution >= 4 is 5.97 Å². The van der Waals surface area contributed by atoms with Crippen molar-refractivity contribution < 1.29 is 19.0 Å². The minimum atomic E-state index is -0.620. The molecule has 2 atom stereocenters. The SMILES string of the molecule is COC(=O)[C@H](C)C(c1cccc(O)c1F)C1CC1. The van der Waals surface area contributed by atoms with Gasteiger partial charge >= 0.3 is 5.97 Å². The van der Waals surface area contributed by atoms with Crippen LogP contribution >= 0.6 is 0 Å². The van der Waals surface area contributed by atoms with Crippen molar-refractivity contribution in [3.63, 3.8) is 0 Å². The molecule has 2 rings (SSSR count). The second-order valence-corrected chi connectivity index (χ2v) is 4.86. The van der Waals surface area contributed by atoms with E-state index in [1.54, 1.807) is 19.1 Å². The first-order valence-electron chi connectivity index (χ1n) is 6.11. The molecule has 1 saturated carbocycles. The molecule has 0 bridgehead atoms. The van der Waals surface area contributed by atoms with E-state index in [0.29, 0.717) is 11.5 Å². The van der Waals surface area contributed by atoms with Gasteiger partial charge < -0.3 is 9.84 Å². The Morgan fingerprint density at radius 3 is 2.72 bits per heavy atom. The van der Waals surface area contributed by atoms with Gasteiger partial charge in [-0.3, -0.25) is 4.79 Å². The second kappa shape index (κ2) is 4.96. The molecule has 1 aliphatic rings. The van der Waals surface area contributed by atoms with Gasteiger partial charge in [0.05, 0.1) is 13.0 Å². The third-order valence-electron chi connectivity index (χ3n) is 3.61. The third kappa shape index (κ3) is 2.33. The molecule has 4 heteroatoms. The maximum absolute atomic E-state index is 14.0. The quantitative estimate of drug-likeness (QED) is 0.838. The summed E-state index contributed by atoms with van der Waals surface area (Å²) in [5, 5.41) is 9.44. The number of esters is 1. The fourth-order valence-electron chi connectivity index (χ4n) is 2.51. The molecular weight excluding hydrogens is 235 g/mol. The van der Waals surface area contributed by atoms with Gasteiger partial charge in [-0.25, -0.2) is 4.39 Å². The van der Waals surface area contributed by atoms with E-state index in [1.165, 1.54) is 13.2 Å². The van der Waals surface area contributed by atoms with Crippen LogP contribution in [-0.4, -0.2) is 18.2 Å². The summed E-state index contributed by atoms with van der Waals surface area (Å²) in [5.74, 6) is -1.64. The van der Waals surface area contributed by atoms with Gasteiger partial charge in [-0.15, -0.1) is 0 Å². The predicted octanol–water partition coefficient (Wildman–Crippen LogP) is 2.83. The number of ether oxygens (including phenoxy) is 1. The highest BCUT2D eigenvalue weighted by Gasteiger charge is 2.40. The zero-order chi connectivity index (χ0) is 13.3. The van der Waals surface area contributed by atoms with E-state index in [9.17, 15) is 14.3 Å². The second-order valence-electron chi connectivity index (χ2n) is 4.86. The number of halogens is 1. The highest BCUT2D eigenvalue weighted by Crippen LogP contribution is 2.48. The smallest absolute Gasteiger partial charge is 0.309 e. The molecule has 3 nitrogen and oxygen atoms in total. The number of hydrogen-bond acceptors (Lipinski definition) is 3. The third-order valence-corrected chi connectivity index (χ3v) is 3.61. The van der Waals surface area contributed by atoms with E-state index in [1.807, 2.05) is 0 Å². The van der Waals surface area contributed by atoms with Crippen LogP contribution in [0.3, 0.4) is 0 Å². The Labute approximate surface area is 106 Å². The highest BCUT2D eigenvalue weighted by atomic mass is 19.1. The summed E-state index contributed by atoms with van der Waals surface area (Å²) in [4.78, 5) is 11.6. The van der Waals surface area contributed by atoms with Crippen molar-refractivity contribution in [1.82, 2.24) is 0 Å². The van der Waals surface area contributed by atoms with E-state index in [0.717, 1.165) is 12.8 Å². The summed E-state index contributed by atoms with van der Waals surface area (Å²) in [6.45, 7) is 1.75. The van der Waals surface area contributed by atoms with Gasteiger partial charge in [-0.2, -0.15) is 0 Å². The number of carbonyl (C=O) groups is 1. The van der Waals surface area contributed by atoms with Crippen LogP contribution in [0.25, 0.3) is 0 Å². The molecule has 18 heavy (non-hydrogen) atoms. The first-order valence-corrected chi connectivity index (χ1v) is 6.11. The lowest BCUT2D eigenvalue weighted by Gasteiger charge is -2.23. The summed E-state index contributed by atoms with van der Waals surface area (Å²) < 4.78 is 18.7. The first-order chi connectivity index (χ1) is 8.56. The van der Waals surface area contributed by atoms with Crippen LogP contribution in [0.5, 0.6) is 5.75 Å². The normalized spacial score (nSPS) is 18.2. The standard InChI is InChI=1S/C14H17FO3/c1-8(14(17)18-2)12(9-6-7-9)10-4-3-5-11(16)13(10)15/h3-5,8-9,12,16H,6-7H2,1-2H3/t8-,12?/m1/s1. The zero-order valence-corrected chi connectivity index (χ0v) is 10.5. The Kier molecular flexibility index (Phi) is 3.55. The largest absolute Gasteiger partial charge is 0.505 e. The summed E-state index contributed by atoms with van der Waals surface area (Å²) in [6, 6.07) is 4.55. The van der Waals surface area contributed by atoms with E-state index < -0.39 is 11.7 Å². The monoisotopic (exact) mass is 252 g/mol. The number of carbonyl (C=O) groups excluding carboxylic acids is 1. The molecule has 1 N–H and O–H groups in total. The molecule has 1 aromatic carbocycles. The van der Waals surface area contributed by atoms with E-state index in [2.05, 4.69) is 0 Å². The Hall–Kier alpha value is -1.58. The Morgan fingerprint density at radius 1 is 1.50 bits per heavy atom. The van der Waals surface area contributed by atoms with Crippen molar-refractivity contribution in [2.24, 2.45) is 11.8 Å². The Bertz CT molecular complexity index is 454. The maximum Gasteiger partial charge on any atom is 0.309 e. The molecule has 1 aliphatic carbocycles. The first kappa shape index (κ1) is 12.9. The van der Waals surface area contributed by atoms with Gasteiger partial charge in [0.1, 0.15) is 0 Å². The summed E-state index contributed by atoms with van der Waals surface area (Å²) in [7, 11) is 1.33. The number of rotatable bonds is 4. The van der Waals surface area contributed by atoms with Gasteiger partial charge in [0.25, 0.3) is 0 Å². The number of phenolic OH excluding ortho intramolecular Hbond substituents is 1. The fraction of sp³-hybridized carbons (Fsp3) is 0.500. The maximum atomic E-state index is 14.0. The minimum Gasteiger partial charge on any atom is -0.505 e. The van der Waals surface area contributed by atoms with Gasteiger partial charge in [-0.1, -0.05) is 19.1 Å². The number of aromatic hydroxyl groups is 1. The average molecular weight is 252 g/mol. The van der Waals surface area contributed by atoms with Crippen molar-refractivity contribution in [1.29, 1.82) is 0 Å². The molecule has 0 amide bonds. The summed E-state index contributed by atoms with van der Waals surface area (Å²) in [6.07, 6.45) is 1.97. The molecule has 0 heterocycles. The summed E-state index contributed by atoms with van der Waals surface area (Å²) >= 11 is 0. The lowest BCUT2D eigenvalue weighted by molar-refractivity contribution is -0.145. The minimum absolute atomic E-state index is 0.218. The topological polar surface area (TPSA) is 46.5 Å². The van der Waals surface area contributed by atoms with Crippen LogP contribution in [0.1, 0.15) is 31.2 Å². The van der Waals surface area contributed by atoms with Crippen LogP contribution in [0.4, 0.5) is 4.39 Å². The molecule has 0 saturated heterocycles. The zero-order valence-electron chi connectivity index (χ0n) is 10.5. The molecule has 1 unspecified atom stereocenters. The van der Waals surface area contributed by atoms with Crippen molar-refractivity contribution in [3.8, 4) is 5.75 Å². The number of benzene rings is 1. The van der Waals surface area contributed by atoms with Gasteiger partial charge in [0.15, 0.2) is 11.6 Å². The van der Waals surface area contributed by atoms with E-state index in [-0.39, 0.29) is 17.6 Å². The number of methoxy groups -OCH3 is 1. The van der Waals surface area contributed by atoms with Crippen LogP contribution in [0.2, 0.25) is 0 Å². The van der Waals surface area contributed by atoms with Crippen molar-refractivity contribution in [2.75, 3.05) is 7.11 Å². The highest BCUT2D eigenvalue weighted by molar-refractivity contribution is 5.73. The van der Waals surface area contributed by atoms with Crippen molar-refractivity contribution in [2.45, 2.75) is 25.7 Å². The van der Waals surface area contributed by atoms with E-state index >= 15 is 0 Å². The van der Waals surface area contributed by atoms with E-state index in [4.69, 9.17) is 4.74 Å². The lowest BCUT2D eigenvalue weighted by Crippen LogP contribution is -2.23. The van der Waals surface area contributed by atoms with Crippen LogP contribution in [0.15, 0.2) is 18.2 Å². The Morgan fingerprint density at radius 2 is 2.17 bits per heavy atom. The van der Waals surface area contributed by atoms with Crippen LogP contribution in [0, 0.1) is 17.7 Å². The molecule has 0 aromatic heterocycles. The molecular formula is C14H17FO3. The van der Waals surface area contributed by atoms with Crippen LogP contribution < -0.4 is 0 Å². The molecule has 98 valence electrons. The fourth-order valence-corrected chi connectivity index (χ4v) is 2.51. The molecule has 0 aliphatic heterocycles. The van der Waals surface area contributed by atoms with Crippen molar-refractivity contribution in [3.05, 3.63) is 29.6 Å². The predicted molar refractivity (Wildman–Crippen MR) is 64.7 cm³/mol. The molecule has 1 fully saturated rings. The Balaban J connectivity index is 2.35. The number of hydrogen-bond donors (Lipinski definition) is 1. The van der Waals surface area contributed by atoms with Gasteiger partial charge in [0, 0.05) is 5.92 Å².